The van der Waals surface area contributed by atoms with Gasteiger partial charge in [-0.3, -0.25) is 4.79 Å². The van der Waals surface area contributed by atoms with Crippen molar-refractivity contribution in [1.29, 1.82) is 0 Å². The fourth-order valence-electron chi connectivity index (χ4n) is 2.85. The van der Waals surface area contributed by atoms with Gasteiger partial charge >= 0.3 is 0 Å². The molecule has 0 bridgehead atoms. The highest BCUT2D eigenvalue weighted by Crippen LogP contribution is 2.25. The number of thiocarbonyl (C=S) groups is 1. The van der Waals surface area contributed by atoms with Crippen LogP contribution in [0.3, 0.4) is 0 Å². The van der Waals surface area contributed by atoms with Gasteiger partial charge in [-0.1, -0.05) is 53.8 Å². The van der Waals surface area contributed by atoms with Crippen LogP contribution in [0.25, 0.3) is 15.5 Å². The Morgan fingerprint density at radius 3 is 2.65 bits per heavy atom. The second-order valence-electron chi connectivity index (χ2n) is 6.83. The van der Waals surface area contributed by atoms with Gasteiger partial charge in [0.05, 0.1) is 0 Å². The number of amides is 1. The Morgan fingerprint density at radius 2 is 1.90 bits per heavy atom. The van der Waals surface area contributed by atoms with Gasteiger partial charge in [-0.15, -0.1) is 10.2 Å². The summed E-state index contributed by atoms with van der Waals surface area (Å²) in [6, 6.07) is 15.5. The van der Waals surface area contributed by atoms with Crippen LogP contribution in [0.1, 0.15) is 17.0 Å². The number of carbonyl (C=O) groups excluding carboxylic acids is 1. The number of para-hydroxylation sites is 1. The third kappa shape index (κ3) is 5.04. The van der Waals surface area contributed by atoms with Gasteiger partial charge in [-0.25, -0.2) is 0 Å². The molecule has 158 valence electrons. The zero-order valence-electron chi connectivity index (χ0n) is 17.0. The van der Waals surface area contributed by atoms with Crippen LogP contribution >= 0.6 is 23.6 Å². The summed E-state index contributed by atoms with van der Waals surface area (Å²) in [4.78, 5) is 12.8. The lowest BCUT2D eigenvalue weighted by Crippen LogP contribution is -2.41. The van der Waals surface area contributed by atoms with Crippen molar-refractivity contribution >= 4 is 39.5 Å². The predicted molar refractivity (Wildman–Crippen MR) is 123 cm³/mol. The summed E-state index contributed by atoms with van der Waals surface area (Å²) in [6.45, 7) is 4.18. The Bertz CT molecular complexity index is 1230. The molecular formula is C21H20N6O2S2. The van der Waals surface area contributed by atoms with Gasteiger partial charge in [-0.05, 0) is 43.3 Å². The molecular weight excluding hydrogens is 432 g/mol. The minimum absolute atomic E-state index is 0.104. The molecule has 0 aliphatic carbocycles. The lowest BCUT2D eigenvalue weighted by molar-refractivity contribution is -0.121. The zero-order valence-corrected chi connectivity index (χ0v) is 18.6. The maximum atomic E-state index is 12.0. The zero-order chi connectivity index (χ0) is 21.8. The van der Waals surface area contributed by atoms with Gasteiger partial charge in [0.25, 0.3) is 5.91 Å². The van der Waals surface area contributed by atoms with E-state index in [1.165, 1.54) is 11.3 Å². The van der Waals surface area contributed by atoms with Crippen molar-refractivity contribution in [3.63, 3.8) is 0 Å². The summed E-state index contributed by atoms with van der Waals surface area (Å²) in [6.07, 6.45) is 0. The Labute approximate surface area is 188 Å². The van der Waals surface area contributed by atoms with E-state index < -0.39 is 0 Å². The van der Waals surface area contributed by atoms with Crippen LogP contribution in [0.15, 0.2) is 48.5 Å². The fourth-order valence-corrected chi connectivity index (χ4v) is 3.92. The first-order valence-electron chi connectivity index (χ1n) is 9.54. The standard InChI is InChI=1S/C21H20N6O2S2/c1-13-5-3-4-6-17(13)29-12-18(28)23-20(30)22-11-15-7-9-16(10-8-15)19-26-27-14(2)24-25-21(27)31-19/h3-10H,11-12H2,1-2H3,(H2,22,23,28,30). The molecule has 0 radical (unpaired) electrons. The van der Waals surface area contributed by atoms with Crippen molar-refractivity contribution in [2.75, 3.05) is 6.61 Å². The molecule has 0 saturated heterocycles. The van der Waals surface area contributed by atoms with Crippen LogP contribution in [0, 0.1) is 13.8 Å². The molecule has 0 spiro atoms. The van der Waals surface area contributed by atoms with Gasteiger partial charge in [0.2, 0.25) is 4.96 Å². The topological polar surface area (TPSA) is 93.4 Å². The number of hydrogen-bond donors (Lipinski definition) is 2. The minimum Gasteiger partial charge on any atom is -0.483 e. The maximum absolute atomic E-state index is 12.0. The van der Waals surface area contributed by atoms with Gasteiger partial charge in [0, 0.05) is 12.1 Å². The van der Waals surface area contributed by atoms with Crippen LogP contribution < -0.4 is 15.4 Å². The first kappa shape index (κ1) is 20.9. The first-order valence-corrected chi connectivity index (χ1v) is 10.8. The van der Waals surface area contributed by atoms with Crippen LogP contribution in [0.4, 0.5) is 0 Å². The summed E-state index contributed by atoms with van der Waals surface area (Å²) < 4.78 is 7.26. The molecule has 0 fully saturated rings. The Hall–Kier alpha value is -3.37. The molecule has 0 aliphatic rings. The molecule has 4 aromatic rings. The lowest BCUT2D eigenvalue weighted by atomic mass is 10.1. The number of aryl methyl sites for hydroxylation is 2. The second-order valence-corrected chi connectivity index (χ2v) is 8.19. The SMILES string of the molecule is Cc1ccccc1OCC(=O)NC(=S)NCc1ccc(-c2nn3c(C)nnc3s2)cc1. The average molecular weight is 453 g/mol. The van der Waals surface area contributed by atoms with Crippen molar-refractivity contribution in [3.8, 4) is 16.3 Å². The molecule has 2 heterocycles. The van der Waals surface area contributed by atoms with Crippen LogP contribution in [-0.4, -0.2) is 37.4 Å². The number of ether oxygens (including phenoxy) is 1. The maximum Gasteiger partial charge on any atom is 0.264 e. The third-order valence-corrected chi connectivity index (χ3v) is 5.70. The average Bonchev–Trinajstić information content (AvgIpc) is 3.34. The Kier molecular flexibility index (Phi) is 6.19. The van der Waals surface area contributed by atoms with E-state index in [-0.39, 0.29) is 17.6 Å². The van der Waals surface area contributed by atoms with E-state index in [0.717, 1.165) is 32.5 Å². The summed E-state index contributed by atoms with van der Waals surface area (Å²) >= 11 is 6.69. The molecule has 2 aromatic carbocycles. The highest BCUT2D eigenvalue weighted by Gasteiger charge is 2.11. The van der Waals surface area contributed by atoms with Gasteiger partial charge in [0.1, 0.15) is 10.8 Å². The van der Waals surface area contributed by atoms with Crippen molar-refractivity contribution in [2.24, 2.45) is 0 Å². The fraction of sp³-hybridized carbons (Fsp3) is 0.190. The van der Waals surface area contributed by atoms with Crippen molar-refractivity contribution in [2.45, 2.75) is 20.4 Å². The Morgan fingerprint density at radius 1 is 1.13 bits per heavy atom. The van der Waals surface area contributed by atoms with Gasteiger partial charge < -0.3 is 15.4 Å². The molecule has 1 amide bonds. The van der Waals surface area contributed by atoms with E-state index in [1.807, 2.05) is 62.4 Å². The van der Waals surface area contributed by atoms with E-state index in [4.69, 9.17) is 17.0 Å². The molecule has 2 aromatic heterocycles. The number of nitrogens with zero attached hydrogens (tertiary/aromatic N) is 4. The van der Waals surface area contributed by atoms with Crippen LogP contribution in [0.5, 0.6) is 5.75 Å². The van der Waals surface area contributed by atoms with Gasteiger partial charge in [-0.2, -0.15) is 9.61 Å². The number of rotatable bonds is 6. The summed E-state index contributed by atoms with van der Waals surface area (Å²) in [5.74, 6) is 1.13. The number of benzene rings is 2. The molecule has 2 N–H and O–H groups in total. The summed E-state index contributed by atoms with van der Waals surface area (Å²) in [5, 5.41) is 19.4. The smallest absolute Gasteiger partial charge is 0.264 e. The predicted octanol–water partition coefficient (Wildman–Crippen LogP) is 3.04. The third-order valence-electron chi connectivity index (χ3n) is 4.51. The van der Waals surface area contributed by atoms with E-state index in [0.29, 0.717) is 12.3 Å². The number of aromatic nitrogens is 4. The Balaban J connectivity index is 1.26. The molecule has 0 saturated carbocycles. The lowest BCUT2D eigenvalue weighted by Gasteiger charge is -2.11. The second kappa shape index (κ2) is 9.19. The van der Waals surface area contributed by atoms with Crippen LogP contribution in [-0.2, 0) is 11.3 Å². The summed E-state index contributed by atoms with van der Waals surface area (Å²) in [5.41, 5.74) is 3.00. The van der Waals surface area contributed by atoms with Crippen molar-refractivity contribution in [1.82, 2.24) is 30.4 Å². The molecule has 31 heavy (non-hydrogen) atoms. The number of nitrogens with one attached hydrogen (secondary N) is 2. The molecule has 0 unspecified atom stereocenters. The van der Waals surface area contributed by atoms with Crippen molar-refractivity contribution < 1.29 is 9.53 Å². The first-order chi connectivity index (χ1) is 15.0. The molecule has 0 atom stereocenters. The number of fused-ring (bicyclic) bond motifs is 1. The van der Waals surface area contributed by atoms with E-state index in [1.54, 1.807) is 4.52 Å². The highest BCUT2D eigenvalue weighted by atomic mass is 32.1. The molecule has 4 rings (SSSR count). The minimum atomic E-state index is -0.310. The monoisotopic (exact) mass is 452 g/mol. The van der Waals surface area contributed by atoms with E-state index in [9.17, 15) is 4.79 Å². The molecule has 10 heteroatoms. The van der Waals surface area contributed by atoms with Crippen molar-refractivity contribution in [3.05, 3.63) is 65.5 Å². The molecule has 8 nitrogen and oxygen atoms in total. The van der Waals surface area contributed by atoms with Crippen LogP contribution in [0.2, 0.25) is 0 Å². The van der Waals surface area contributed by atoms with Gasteiger partial charge in [0.15, 0.2) is 17.5 Å². The largest absolute Gasteiger partial charge is 0.483 e. The normalized spacial score (nSPS) is 10.8. The number of hydrogen-bond acceptors (Lipinski definition) is 7. The van der Waals surface area contributed by atoms with E-state index in [2.05, 4.69) is 25.9 Å². The quantitative estimate of drug-likeness (QED) is 0.434. The molecule has 0 aliphatic heterocycles. The summed E-state index contributed by atoms with van der Waals surface area (Å²) in [7, 11) is 0. The highest BCUT2D eigenvalue weighted by molar-refractivity contribution is 7.80. The number of carbonyl (C=O) groups is 1. The van der Waals surface area contributed by atoms with E-state index >= 15 is 0 Å².